The molecule has 0 atom stereocenters. The molecule has 4 heterocycles. The third-order valence-electron chi connectivity index (χ3n) is 5.79. The van der Waals surface area contributed by atoms with Crippen molar-refractivity contribution in [2.24, 2.45) is 0 Å². The molecule has 17 nitrogen and oxygen atoms in total. The Bertz CT molecular complexity index is 2100. The maximum atomic E-state index is 12.6. The molecular weight excluding hydrogens is 736 g/mol. The summed E-state index contributed by atoms with van der Waals surface area (Å²) >= 11 is 17.5. The summed E-state index contributed by atoms with van der Waals surface area (Å²) in [5.74, 6) is -0.388. The van der Waals surface area contributed by atoms with Crippen LogP contribution in [-0.2, 0) is 16.2 Å². The highest BCUT2D eigenvalue weighted by molar-refractivity contribution is 7.90. The predicted octanol–water partition coefficient (Wildman–Crippen LogP) is 4.99. The minimum Gasteiger partial charge on any atom is -0.481 e. The molecule has 5 rings (SSSR count). The van der Waals surface area contributed by atoms with E-state index in [0.29, 0.717) is 17.8 Å². The van der Waals surface area contributed by atoms with Crippen LogP contribution in [0.3, 0.4) is 0 Å². The maximum absolute atomic E-state index is 12.6. The Morgan fingerprint density at radius 1 is 1.04 bits per heavy atom. The van der Waals surface area contributed by atoms with Gasteiger partial charge in [0.2, 0.25) is 23.5 Å². The molecule has 4 aromatic heterocycles. The number of hydrogen-bond acceptors (Lipinski definition) is 12. The minimum atomic E-state index is -4.63. The number of nitrogens with one attached hydrogen (secondary N) is 2. The monoisotopic (exact) mass is 752 g/mol. The highest BCUT2D eigenvalue weighted by Crippen LogP contribution is 2.39. The Morgan fingerprint density at radius 2 is 1.65 bits per heavy atom. The number of nitrogens with zero attached hydrogens (tertiary/aromatic N) is 7. The van der Waals surface area contributed by atoms with Gasteiger partial charge in [0.25, 0.3) is 10.0 Å². The third kappa shape index (κ3) is 7.70. The topological polar surface area (TPSA) is 224 Å². The minimum absolute atomic E-state index is 0.116. The molecule has 0 spiro atoms. The fourth-order valence-corrected chi connectivity index (χ4v) is 5.95. The number of aromatic nitrogens is 6. The molecule has 0 bridgehead atoms. The Labute approximate surface area is 281 Å². The smallest absolute Gasteiger partial charge is 0.416 e. The van der Waals surface area contributed by atoms with Crippen LogP contribution in [0, 0.1) is 10.1 Å². The fourth-order valence-electron chi connectivity index (χ4n) is 3.75. The number of nitrogens with two attached hydrogens (primary N) is 1. The number of carbonyl (C=O) groups excluding carboxylic acids is 1. The summed E-state index contributed by atoms with van der Waals surface area (Å²) < 4.78 is 76.8. The van der Waals surface area contributed by atoms with E-state index in [1.54, 1.807) is 18.2 Å². The third-order valence-corrected chi connectivity index (χ3v) is 8.09. The molecule has 1 aromatic carbocycles. The lowest BCUT2D eigenvalue weighted by Gasteiger charge is -2.12. The molecule has 254 valence electrons. The van der Waals surface area contributed by atoms with Crippen molar-refractivity contribution in [3.8, 4) is 17.4 Å². The molecule has 4 N–H and O–H groups in total. The van der Waals surface area contributed by atoms with Crippen LogP contribution in [0.15, 0.2) is 53.8 Å². The summed E-state index contributed by atoms with van der Waals surface area (Å²) in [6, 6.07) is 6.39. The van der Waals surface area contributed by atoms with E-state index in [9.17, 15) is 36.5 Å². The number of fused-ring (bicyclic) bond motifs is 1. The number of anilines is 2. The Hall–Kier alpha value is -5.12. The van der Waals surface area contributed by atoms with Gasteiger partial charge >= 0.3 is 17.9 Å². The second-order valence-electron chi connectivity index (χ2n) is 8.84. The van der Waals surface area contributed by atoms with Gasteiger partial charge in [-0.3, -0.25) is 19.8 Å². The summed E-state index contributed by atoms with van der Waals surface area (Å²) in [7, 11) is -1.61. The number of amides is 2. The van der Waals surface area contributed by atoms with Gasteiger partial charge in [-0.05, 0) is 24.3 Å². The largest absolute Gasteiger partial charge is 0.481 e. The molecule has 24 heteroatoms. The number of ether oxygens (including phenoxy) is 2. The van der Waals surface area contributed by atoms with Crippen molar-refractivity contribution < 1.29 is 40.8 Å². The van der Waals surface area contributed by atoms with Crippen LogP contribution in [0.25, 0.3) is 11.3 Å². The maximum Gasteiger partial charge on any atom is 0.416 e. The van der Waals surface area contributed by atoms with Crippen molar-refractivity contribution in [3.63, 3.8) is 0 Å². The van der Waals surface area contributed by atoms with Crippen molar-refractivity contribution in [2.75, 3.05) is 25.3 Å². The summed E-state index contributed by atoms with van der Waals surface area (Å²) in [4.78, 5) is 33.7. The molecule has 48 heavy (non-hydrogen) atoms. The number of pyridine rings is 1. The molecule has 0 fully saturated rings. The fraction of sp³-hybridized carbons (Fsp3) is 0.125. The molecule has 0 aliphatic carbocycles. The van der Waals surface area contributed by atoms with Gasteiger partial charge in [0.15, 0.2) is 10.2 Å². The van der Waals surface area contributed by atoms with Crippen LogP contribution in [0.5, 0.6) is 11.8 Å². The summed E-state index contributed by atoms with van der Waals surface area (Å²) in [5.41, 5.74) is 4.09. The number of alkyl halides is 3. The van der Waals surface area contributed by atoms with Gasteiger partial charge in [-0.15, -0.1) is 0 Å². The van der Waals surface area contributed by atoms with Crippen LogP contribution in [0.2, 0.25) is 15.2 Å². The molecule has 0 saturated carbocycles. The first-order valence-electron chi connectivity index (χ1n) is 12.4. The average molecular weight is 754 g/mol. The van der Waals surface area contributed by atoms with Crippen molar-refractivity contribution in [3.05, 3.63) is 79.7 Å². The molecule has 0 radical (unpaired) electrons. The molecule has 5 aromatic rings. The summed E-state index contributed by atoms with van der Waals surface area (Å²) in [6.45, 7) is 0. The van der Waals surface area contributed by atoms with E-state index in [-0.39, 0.29) is 43.6 Å². The van der Waals surface area contributed by atoms with Gasteiger partial charge in [-0.1, -0.05) is 40.9 Å². The lowest BCUT2D eigenvalue weighted by Crippen LogP contribution is -2.35. The molecule has 2 amide bonds. The number of carbonyl (C=O) groups is 1. The van der Waals surface area contributed by atoms with Crippen LogP contribution in [0.4, 0.5) is 35.4 Å². The number of nitrogen functional groups attached to an aromatic ring is 1. The zero-order valence-electron chi connectivity index (χ0n) is 23.9. The van der Waals surface area contributed by atoms with Crippen LogP contribution < -0.4 is 25.2 Å². The van der Waals surface area contributed by atoms with Gasteiger partial charge in [-0.25, -0.2) is 19.2 Å². The van der Waals surface area contributed by atoms with Gasteiger partial charge < -0.3 is 15.2 Å². The first-order valence-corrected chi connectivity index (χ1v) is 15.1. The highest BCUT2D eigenvalue weighted by atomic mass is 35.5. The first kappa shape index (κ1) is 35.7. The second kappa shape index (κ2) is 13.9. The molecule has 0 aliphatic heterocycles. The summed E-state index contributed by atoms with van der Waals surface area (Å²) in [5, 5.41) is 15.1. The number of imidazole rings is 1. The molecule has 0 unspecified atom stereocenters. The first-order chi connectivity index (χ1) is 22.5. The number of halogens is 6. The average Bonchev–Trinajstić information content (AvgIpc) is 3.55. The predicted molar refractivity (Wildman–Crippen MR) is 164 cm³/mol. The van der Waals surface area contributed by atoms with Crippen molar-refractivity contribution in [1.29, 1.82) is 0 Å². The van der Waals surface area contributed by atoms with Crippen LogP contribution >= 0.6 is 34.8 Å². The normalized spacial score (nSPS) is 11.4. The van der Waals surface area contributed by atoms with E-state index in [1.165, 1.54) is 30.9 Å². The number of rotatable bonds is 7. The second-order valence-corrected chi connectivity index (χ2v) is 11.6. The Balaban J connectivity index is 0.000000224. The highest BCUT2D eigenvalue weighted by Gasteiger charge is 2.33. The zero-order chi connectivity index (χ0) is 35.6. The number of hydrogen-bond donors (Lipinski definition) is 3. The van der Waals surface area contributed by atoms with E-state index in [0.717, 1.165) is 10.9 Å². The number of methoxy groups -OCH3 is 2. The van der Waals surface area contributed by atoms with Crippen molar-refractivity contribution in [1.82, 2.24) is 33.9 Å². The number of urea groups is 1. The lowest BCUT2D eigenvalue weighted by atomic mass is 10.2. The Morgan fingerprint density at radius 3 is 2.17 bits per heavy atom. The summed E-state index contributed by atoms with van der Waals surface area (Å²) in [6.07, 6.45) is -2.33. The molecule has 0 aliphatic rings. The lowest BCUT2D eigenvalue weighted by molar-refractivity contribution is -0.383. The standard InChI is InChI=1S/C14H13ClN6O5S.C10H5Cl2F3N4O2/c1-25-9-7-10(26-2)18-13(17-9)19-14(22)20-27(23,24)12-11(15)16-8-5-3-4-6-21(8)12;11-5-1-4(10(13,14)15)2-6(12)8(5)18-9(16)7(3-17-18)19(20)21/h3-7H,1-2H3,(H2,17,18,19,20,22);1-3H,16H2. The van der Waals surface area contributed by atoms with E-state index in [1.807, 2.05) is 4.72 Å². The van der Waals surface area contributed by atoms with E-state index in [2.05, 4.69) is 25.4 Å². The van der Waals surface area contributed by atoms with Gasteiger partial charge in [0.1, 0.15) is 17.5 Å². The molecular formula is C24H18Cl3F3N10O7S. The van der Waals surface area contributed by atoms with Crippen molar-refractivity contribution in [2.45, 2.75) is 11.2 Å². The Kier molecular flexibility index (Phi) is 10.4. The number of sulfonamides is 1. The van der Waals surface area contributed by atoms with Gasteiger partial charge in [0, 0.05) is 6.20 Å². The van der Waals surface area contributed by atoms with Crippen LogP contribution in [-0.4, -0.2) is 62.7 Å². The number of nitro groups is 1. The van der Waals surface area contributed by atoms with E-state index < -0.39 is 44.2 Å². The van der Waals surface area contributed by atoms with E-state index in [4.69, 9.17) is 50.0 Å². The van der Waals surface area contributed by atoms with E-state index >= 15 is 0 Å². The van der Waals surface area contributed by atoms with Crippen LogP contribution in [0.1, 0.15) is 5.56 Å². The van der Waals surface area contributed by atoms with Crippen molar-refractivity contribution >= 4 is 74.0 Å². The quantitative estimate of drug-likeness (QED) is 0.148. The van der Waals surface area contributed by atoms with Gasteiger partial charge in [0.05, 0.1) is 40.8 Å². The zero-order valence-corrected chi connectivity index (χ0v) is 26.9. The van der Waals surface area contributed by atoms with Gasteiger partial charge in [-0.2, -0.15) is 36.7 Å². The SMILES string of the molecule is COc1cc(OC)nc(NC(=O)NS(=O)(=O)c2c(Cl)nc3ccccn23)n1.Nc1c([N+](=O)[O-])cnn1-c1c(Cl)cc(C(F)(F)F)cc1Cl. The molecule has 0 saturated heterocycles. The number of benzene rings is 1.